The van der Waals surface area contributed by atoms with Crippen LogP contribution in [0, 0.1) is 12.7 Å². The standard InChI is InChI=1S/C25H22FN5O2S/c1-16-6-5-7-19(14-16)27-24(32)23-22(17-10-12-18(26)13-11-17)30-31-21(28-29-25(31)34-23)15-33-20-8-3-2-4-9-20/h2-14,22-23,30H,15H2,1H3,(H,27,32). The minimum Gasteiger partial charge on any atom is -0.486 e. The van der Waals surface area contributed by atoms with E-state index in [0.29, 0.717) is 22.4 Å². The molecule has 2 unspecified atom stereocenters. The maximum Gasteiger partial charge on any atom is 0.240 e. The molecule has 34 heavy (non-hydrogen) atoms. The number of ether oxygens (including phenoxy) is 1. The molecule has 2 atom stereocenters. The molecule has 2 N–H and O–H groups in total. The summed E-state index contributed by atoms with van der Waals surface area (Å²) in [5, 5.41) is 11.5. The molecule has 5 rings (SSSR count). The van der Waals surface area contributed by atoms with Crippen LogP contribution in [0.3, 0.4) is 0 Å². The number of para-hydroxylation sites is 1. The Balaban J connectivity index is 1.42. The van der Waals surface area contributed by atoms with Crippen LogP contribution in [0.1, 0.15) is 23.0 Å². The predicted molar refractivity (Wildman–Crippen MR) is 129 cm³/mol. The number of hydrogen-bond acceptors (Lipinski definition) is 6. The molecule has 172 valence electrons. The third-order valence-electron chi connectivity index (χ3n) is 5.39. The van der Waals surface area contributed by atoms with E-state index in [4.69, 9.17) is 4.74 Å². The molecule has 3 aromatic carbocycles. The Morgan fingerprint density at radius 1 is 1.09 bits per heavy atom. The molecule has 0 radical (unpaired) electrons. The summed E-state index contributed by atoms with van der Waals surface area (Å²) in [5.74, 6) is 0.758. The second kappa shape index (κ2) is 9.56. The van der Waals surface area contributed by atoms with Crippen molar-refractivity contribution in [3.05, 3.63) is 102 Å². The van der Waals surface area contributed by atoms with Gasteiger partial charge in [-0.1, -0.05) is 54.2 Å². The lowest BCUT2D eigenvalue weighted by Crippen LogP contribution is -2.41. The number of benzene rings is 3. The number of fused-ring (bicyclic) bond motifs is 1. The van der Waals surface area contributed by atoms with E-state index in [0.717, 1.165) is 11.1 Å². The molecule has 2 heterocycles. The summed E-state index contributed by atoms with van der Waals surface area (Å²) in [6.45, 7) is 2.16. The van der Waals surface area contributed by atoms with Crippen molar-refractivity contribution < 1.29 is 13.9 Å². The average Bonchev–Trinajstić information content (AvgIpc) is 3.25. The zero-order chi connectivity index (χ0) is 23.5. The van der Waals surface area contributed by atoms with E-state index >= 15 is 0 Å². The Hall–Kier alpha value is -3.85. The summed E-state index contributed by atoms with van der Waals surface area (Å²) >= 11 is 1.30. The van der Waals surface area contributed by atoms with Gasteiger partial charge < -0.3 is 15.5 Å². The fourth-order valence-electron chi connectivity index (χ4n) is 3.71. The molecule has 7 nitrogen and oxygen atoms in total. The maximum absolute atomic E-state index is 13.6. The van der Waals surface area contributed by atoms with E-state index in [9.17, 15) is 9.18 Å². The molecule has 0 spiro atoms. The molecule has 9 heteroatoms. The molecular formula is C25H22FN5O2S. The molecule has 1 amide bonds. The van der Waals surface area contributed by atoms with Crippen molar-refractivity contribution in [3.63, 3.8) is 0 Å². The fourth-order valence-corrected chi connectivity index (χ4v) is 4.81. The van der Waals surface area contributed by atoms with Gasteiger partial charge in [-0.2, -0.15) is 0 Å². The number of rotatable bonds is 6. The Morgan fingerprint density at radius 3 is 2.65 bits per heavy atom. The highest BCUT2D eigenvalue weighted by molar-refractivity contribution is 8.00. The van der Waals surface area contributed by atoms with Gasteiger partial charge in [0.2, 0.25) is 11.1 Å². The summed E-state index contributed by atoms with van der Waals surface area (Å²) in [7, 11) is 0. The highest BCUT2D eigenvalue weighted by atomic mass is 32.2. The minimum atomic E-state index is -0.564. The number of anilines is 1. The van der Waals surface area contributed by atoms with Crippen LogP contribution in [0.15, 0.2) is 84.0 Å². The second-order valence-corrected chi connectivity index (χ2v) is 9.00. The van der Waals surface area contributed by atoms with Gasteiger partial charge in [-0.3, -0.25) is 4.79 Å². The number of carbonyl (C=O) groups is 1. The molecule has 0 bridgehead atoms. The molecule has 0 saturated heterocycles. The minimum absolute atomic E-state index is 0.186. The largest absolute Gasteiger partial charge is 0.486 e. The van der Waals surface area contributed by atoms with E-state index < -0.39 is 11.3 Å². The lowest BCUT2D eigenvalue weighted by molar-refractivity contribution is -0.116. The van der Waals surface area contributed by atoms with Crippen molar-refractivity contribution in [2.75, 3.05) is 10.7 Å². The van der Waals surface area contributed by atoms with Crippen LogP contribution in [0.2, 0.25) is 0 Å². The smallest absolute Gasteiger partial charge is 0.240 e. The number of thioether (sulfide) groups is 1. The van der Waals surface area contributed by atoms with Gasteiger partial charge in [-0.05, 0) is 54.4 Å². The van der Waals surface area contributed by atoms with Crippen molar-refractivity contribution in [2.45, 2.75) is 30.0 Å². The van der Waals surface area contributed by atoms with Crippen LogP contribution in [0.5, 0.6) is 5.75 Å². The van der Waals surface area contributed by atoms with E-state index in [2.05, 4.69) is 20.9 Å². The molecule has 1 aliphatic heterocycles. The summed E-state index contributed by atoms with van der Waals surface area (Å²) in [6, 6.07) is 22.7. The van der Waals surface area contributed by atoms with Crippen molar-refractivity contribution >= 4 is 23.4 Å². The molecule has 4 aromatic rings. The zero-order valence-corrected chi connectivity index (χ0v) is 19.1. The highest BCUT2D eigenvalue weighted by Gasteiger charge is 2.38. The Kier molecular flexibility index (Phi) is 6.18. The van der Waals surface area contributed by atoms with Gasteiger partial charge in [0.25, 0.3) is 0 Å². The molecule has 1 aliphatic rings. The van der Waals surface area contributed by atoms with E-state index in [-0.39, 0.29) is 18.3 Å². The van der Waals surface area contributed by atoms with Gasteiger partial charge in [-0.25, -0.2) is 9.07 Å². The molecule has 0 saturated carbocycles. The van der Waals surface area contributed by atoms with Gasteiger partial charge in [-0.15, -0.1) is 10.2 Å². The number of hydrogen-bond donors (Lipinski definition) is 2. The van der Waals surface area contributed by atoms with Crippen molar-refractivity contribution in [2.24, 2.45) is 0 Å². The number of carbonyl (C=O) groups excluding carboxylic acids is 1. The summed E-state index contributed by atoms with van der Waals surface area (Å²) < 4.78 is 21.2. The Bertz CT molecular complexity index is 1300. The lowest BCUT2D eigenvalue weighted by Gasteiger charge is -2.33. The zero-order valence-electron chi connectivity index (χ0n) is 18.3. The number of aromatic nitrogens is 3. The number of nitrogens with zero attached hydrogens (tertiary/aromatic N) is 3. The average molecular weight is 476 g/mol. The van der Waals surface area contributed by atoms with Gasteiger partial charge in [0, 0.05) is 5.69 Å². The summed E-state index contributed by atoms with van der Waals surface area (Å²) in [6.07, 6.45) is 0. The van der Waals surface area contributed by atoms with Crippen LogP contribution in [0.25, 0.3) is 0 Å². The first-order valence-corrected chi connectivity index (χ1v) is 11.6. The predicted octanol–water partition coefficient (Wildman–Crippen LogP) is 4.70. The number of nitrogens with one attached hydrogen (secondary N) is 2. The molecular weight excluding hydrogens is 453 g/mol. The van der Waals surface area contributed by atoms with Crippen LogP contribution < -0.4 is 15.5 Å². The summed E-state index contributed by atoms with van der Waals surface area (Å²) in [5.41, 5.74) is 5.89. The topological polar surface area (TPSA) is 81.1 Å². The molecule has 0 fully saturated rings. The highest BCUT2D eigenvalue weighted by Crippen LogP contribution is 2.37. The maximum atomic E-state index is 13.6. The van der Waals surface area contributed by atoms with Crippen LogP contribution in [-0.4, -0.2) is 26.0 Å². The molecule has 0 aliphatic carbocycles. The van der Waals surface area contributed by atoms with E-state index in [1.807, 2.05) is 61.5 Å². The van der Waals surface area contributed by atoms with Crippen molar-refractivity contribution in [1.82, 2.24) is 14.9 Å². The fraction of sp³-hybridized carbons (Fsp3) is 0.160. The first-order chi connectivity index (χ1) is 16.6. The van der Waals surface area contributed by atoms with Crippen molar-refractivity contribution in [3.8, 4) is 5.75 Å². The number of aryl methyl sites for hydroxylation is 1. The van der Waals surface area contributed by atoms with Gasteiger partial charge >= 0.3 is 0 Å². The van der Waals surface area contributed by atoms with Crippen LogP contribution >= 0.6 is 11.8 Å². The third-order valence-corrected chi connectivity index (χ3v) is 6.60. The normalized spacial score (nSPS) is 16.9. The van der Waals surface area contributed by atoms with Gasteiger partial charge in [0.15, 0.2) is 5.82 Å². The molecule has 1 aromatic heterocycles. The van der Waals surface area contributed by atoms with Gasteiger partial charge in [0.1, 0.15) is 23.4 Å². The Morgan fingerprint density at radius 2 is 1.88 bits per heavy atom. The first-order valence-electron chi connectivity index (χ1n) is 10.8. The van der Waals surface area contributed by atoms with Crippen LogP contribution in [-0.2, 0) is 11.4 Å². The van der Waals surface area contributed by atoms with Crippen molar-refractivity contribution in [1.29, 1.82) is 0 Å². The van der Waals surface area contributed by atoms with E-state index in [1.165, 1.54) is 23.9 Å². The number of amides is 1. The van der Waals surface area contributed by atoms with E-state index in [1.54, 1.807) is 16.8 Å². The number of halogens is 1. The quantitative estimate of drug-likeness (QED) is 0.421. The lowest BCUT2D eigenvalue weighted by atomic mass is 10.0. The first kappa shape index (κ1) is 22.0. The Labute approximate surface area is 200 Å². The van der Waals surface area contributed by atoms with Gasteiger partial charge in [0.05, 0.1) is 6.04 Å². The van der Waals surface area contributed by atoms with Crippen LogP contribution in [0.4, 0.5) is 10.1 Å². The second-order valence-electron chi connectivity index (χ2n) is 7.89. The third kappa shape index (κ3) is 4.74. The summed E-state index contributed by atoms with van der Waals surface area (Å²) in [4.78, 5) is 13.3. The SMILES string of the molecule is Cc1cccc(NC(=O)C2Sc3nnc(COc4ccccc4)n3NC2c2ccc(F)cc2)c1. The monoisotopic (exact) mass is 475 g/mol.